The topological polar surface area (TPSA) is 87.7 Å². The summed E-state index contributed by atoms with van der Waals surface area (Å²) in [4.78, 5) is 19.4. The van der Waals surface area contributed by atoms with Crippen LogP contribution in [-0.4, -0.2) is 29.1 Å². The van der Waals surface area contributed by atoms with Crippen molar-refractivity contribution in [1.29, 1.82) is 0 Å². The Balaban J connectivity index is 0.000000135. The molecule has 0 amide bonds. The van der Waals surface area contributed by atoms with Crippen molar-refractivity contribution in [2.24, 2.45) is 0 Å². The van der Waals surface area contributed by atoms with E-state index in [2.05, 4.69) is 277 Å². The summed E-state index contributed by atoms with van der Waals surface area (Å²) in [6.45, 7) is 4.70. The highest BCUT2D eigenvalue weighted by atomic mass is 16.3. The van der Waals surface area contributed by atoms with Crippen molar-refractivity contribution in [3.8, 4) is 67.3 Å². The number of nitrogens with zero attached hydrogens (tertiary/aromatic N) is 6. The molecular weight excluding hydrogens is 1140 g/mol. The number of rotatable bonds is 6. The van der Waals surface area contributed by atoms with Gasteiger partial charge in [-0.3, -0.25) is 4.98 Å². The molecule has 0 spiro atoms. The van der Waals surface area contributed by atoms with E-state index in [9.17, 15) is 0 Å². The molecule has 8 nitrogen and oxygen atoms in total. The van der Waals surface area contributed by atoms with Crippen molar-refractivity contribution in [2.75, 3.05) is 0 Å². The highest BCUT2D eigenvalue weighted by Gasteiger charge is 2.36. The lowest BCUT2D eigenvalue weighted by Crippen LogP contribution is -2.14. The van der Waals surface area contributed by atoms with E-state index < -0.39 is 0 Å². The van der Waals surface area contributed by atoms with Crippen LogP contribution in [0.4, 0.5) is 0 Å². The summed E-state index contributed by atoms with van der Waals surface area (Å²) in [5, 5.41) is 10.3. The van der Waals surface area contributed by atoms with E-state index in [0.717, 1.165) is 122 Å². The Kier molecular flexibility index (Phi) is 11.5. The monoisotopic (exact) mass is 1190 g/mol. The average Bonchev–Trinajstić information content (AvgIpc) is 1.56. The summed E-state index contributed by atoms with van der Waals surface area (Å²) < 4.78 is 18.0. The van der Waals surface area contributed by atoms with Gasteiger partial charge in [-0.05, 0) is 154 Å². The van der Waals surface area contributed by atoms with Crippen LogP contribution in [0.1, 0.15) is 25.0 Å². The first-order valence-electron chi connectivity index (χ1n) is 31.6. The first-order chi connectivity index (χ1) is 45.9. The second-order valence-electron chi connectivity index (χ2n) is 24.8. The average molecular weight is 1190 g/mol. The van der Waals surface area contributed by atoms with Gasteiger partial charge in [0.15, 0.2) is 5.65 Å². The third-order valence-electron chi connectivity index (χ3n) is 19.3. The molecule has 8 heteroatoms. The standard InChI is InChI=1S/C47H31N3O.C38H23N3O/c1-47(2)38-18-8-6-14-30(38)35-25-36-31-15-7-9-20-42(31)50(43(36)27-39(35)47)29-21-22-44-37(24-29)32-16-10-17-33(46(32)51-44)41-26-34(28-12-4-3-5-13-28)45-40(49-41)19-11-23-48-45;1-2-10-24(11-3-1)31-23-33(40-38-29(31)16-9-21-39-38)30-15-8-14-28-32-22-25(19-20-36(32)42-37(28)30)41-34-17-6-4-12-26(34)27-13-5-7-18-35(27)41/h3-27H,1-2H3;1-23H. The smallest absolute Gasteiger partial charge is 0.160 e. The third kappa shape index (κ3) is 8.11. The molecule has 0 saturated carbocycles. The molecule has 19 aromatic rings. The number of fused-ring (bicyclic) bond motifs is 17. The van der Waals surface area contributed by atoms with Gasteiger partial charge < -0.3 is 18.0 Å². The molecule has 1 aliphatic carbocycles. The van der Waals surface area contributed by atoms with Crippen LogP contribution in [0.3, 0.4) is 0 Å². The van der Waals surface area contributed by atoms with Crippen molar-refractivity contribution in [2.45, 2.75) is 19.3 Å². The highest BCUT2D eigenvalue weighted by molar-refractivity contribution is 6.15. The van der Waals surface area contributed by atoms with Gasteiger partial charge in [0.2, 0.25) is 0 Å². The molecule has 0 bridgehead atoms. The third-order valence-corrected chi connectivity index (χ3v) is 19.3. The zero-order valence-electron chi connectivity index (χ0n) is 50.7. The Morgan fingerprint density at radius 2 is 0.806 bits per heavy atom. The first kappa shape index (κ1) is 52.7. The largest absolute Gasteiger partial charge is 0.455 e. The maximum atomic E-state index is 6.70. The van der Waals surface area contributed by atoms with Crippen LogP contribution in [-0.2, 0) is 5.41 Å². The summed E-state index contributed by atoms with van der Waals surface area (Å²) >= 11 is 0. The Morgan fingerprint density at radius 1 is 0.312 bits per heavy atom. The van der Waals surface area contributed by atoms with E-state index in [4.69, 9.17) is 23.8 Å². The highest BCUT2D eigenvalue weighted by Crippen LogP contribution is 2.52. The van der Waals surface area contributed by atoms with E-state index in [-0.39, 0.29) is 5.41 Å². The summed E-state index contributed by atoms with van der Waals surface area (Å²) in [6, 6.07) is 98.6. The summed E-state index contributed by atoms with van der Waals surface area (Å²) in [5.74, 6) is 0. The van der Waals surface area contributed by atoms with E-state index in [1.54, 1.807) is 6.20 Å². The molecule has 436 valence electrons. The van der Waals surface area contributed by atoms with Gasteiger partial charge in [0.25, 0.3) is 0 Å². The number of aromatic nitrogens is 6. The zero-order valence-corrected chi connectivity index (χ0v) is 50.7. The van der Waals surface area contributed by atoms with Gasteiger partial charge in [-0.1, -0.05) is 178 Å². The number of para-hydroxylation sites is 5. The van der Waals surface area contributed by atoms with Crippen molar-refractivity contribution in [3.05, 3.63) is 303 Å². The molecule has 1 aliphatic rings. The quantitative estimate of drug-likeness (QED) is 0.165. The lowest BCUT2D eigenvalue weighted by Gasteiger charge is -2.21. The minimum absolute atomic E-state index is 0.0875. The van der Waals surface area contributed by atoms with Crippen LogP contribution >= 0.6 is 0 Å². The zero-order chi connectivity index (χ0) is 61.5. The molecule has 0 radical (unpaired) electrons. The molecule has 11 aromatic carbocycles. The molecule has 0 unspecified atom stereocenters. The van der Waals surface area contributed by atoms with Gasteiger partial charge in [0.05, 0.1) is 44.5 Å². The van der Waals surface area contributed by atoms with E-state index in [0.29, 0.717) is 0 Å². The molecule has 8 aromatic heterocycles. The Labute approximate surface area is 533 Å². The molecule has 0 saturated heterocycles. The number of benzene rings is 11. The van der Waals surface area contributed by atoms with Crippen LogP contribution in [0.5, 0.6) is 0 Å². The SMILES string of the molecule is CC1(C)c2ccccc2-c2cc3c4ccccc4n(-c4ccc5oc6c(-c7cc(-c8ccccc8)c8ncccc8n7)cccc6c5c4)c3cc21.c1ccc(-c2cc(-c3cccc4c3oc3ccc(-n5c6ccccc6c6ccccc65)cc34)nc3ncccc23)cc1. The Morgan fingerprint density at radius 3 is 1.45 bits per heavy atom. The second kappa shape index (κ2) is 20.4. The number of hydrogen-bond acceptors (Lipinski definition) is 6. The molecule has 0 aliphatic heterocycles. The van der Waals surface area contributed by atoms with Gasteiger partial charge in [-0.15, -0.1) is 0 Å². The van der Waals surface area contributed by atoms with Crippen LogP contribution in [0, 0.1) is 0 Å². The Hall–Kier alpha value is -12.3. The van der Waals surface area contributed by atoms with Gasteiger partial charge in [-0.2, -0.15) is 0 Å². The second-order valence-corrected chi connectivity index (χ2v) is 24.8. The van der Waals surface area contributed by atoms with Gasteiger partial charge in [0.1, 0.15) is 22.3 Å². The van der Waals surface area contributed by atoms with Gasteiger partial charge >= 0.3 is 0 Å². The van der Waals surface area contributed by atoms with Crippen LogP contribution in [0.15, 0.2) is 300 Å². The predicted molar refractivity (Wildman–Crippen MR) is 382 cm³/mol. The summed E-state index contributed by atoms with van der Waals surface area (Å²) in [7, 11) is 0. The molecular formula is C85H54N6O2. The fraction of sp³-hybridized carbons (Fsp3) is 0.0353. The van der Waals surface area contributed by atoms with Crippen molar-refractivity contribution in [3.63, 3.8) is 0 Å². The van der Waals surface area contributed by atoms with E-state index in [1.165, 1.54) is 65.9 Å². The Bertz CT molecular complexity index is 6240. The van der Waals surface area contributed by atoms with Crippen molar-refractivity contribution >= 4 is 110 Å². The molecule has 0 N–H and O–H groups in total. The van der Waals surface area contributed by atoms with Crippen molar-refractivity contribution < 1.29 is 8.83 Å². The minimum Gasteiger partial charge on any atom is -0.455 e. The summed E-state index contributed by atoms with van der Waals surface area (Å²) in [5.41, 5.74) is 26.2. The fourth-order valence-corrected chi connectivity index (χ4v) is 15.0. The maximum absolute atomic E-state index is 6.70. The van der Waals surface area contributed by atoms with Crippen LogP contribution < -0.4 is 0 Å². The van der Waals surface area contributed by atoms with E-state index in [1.807, 2.05) is 36.5 Å². The van der Waals surface area contributed by atoms with E-state index >= 15 is 0 Å². The predicted octanol–water partition coefficient (Wildman–Crippen LogP) is 22.2. The summed E-state index contributed by atoms with van der Waals surface area (Å²) in [6.07, 6.45) is 3.63. The lowest BCUT2D eigenvalue weighted by atomic mass is 9.82. The molecule has 93 heavy (non-hydrogen) atoms. The minimum atomic E-state index is -0.0875. The maximum Gasteiger partial charge on any atom is 0.160 e. The molecule has 0 atom stereocenters. The number of hydrogen-bond donors (Lipinski definition) is 0. The molecule has 20 rings (SSSR count). The van der Waals surface area contributed by atoms with Gasteiger partial charge in [-0.25, -0.2) is 15.0 Å². The number of furan rings is 2. The van der Waals surface area contributed by atoms with Crippen molar-refractivity contribution in [1.82, 2.24) is 29.1 Å². The fourth-order valence-electron chi connectivity index (χ4n) is 15.0. The molecule has 8 heterocycles. The normalized spacial score (nSPS) is 12.7. The van der Waals surface area contributed by atoms with Crippen LogP contribution in [0.2, 0.25) is 0 Å². The number of pyridine rings is 4. The first-order valence-corrected chi connectivity index (χ1v) is 31.6. The lowest BCUT2D eigenvalue weighted by molar-refractivity contribution is 0.661. The molecule has 0 fully saturated rings. The van der Waals surface area contributed by atoms with Crippen LogP contribution in [0.25, 0.3) is 177 Å². The van der Waals surface area contributed by atoms with Gasteiger partial charge in [0, 0.05) is 94.3 Å².